The summed E-state index contributed by atoms with van der Waals surface area (Å²) in [6.07, 6.45) is -1.24. The molecule has 2 aromatic rings. The predicted molar refractivity (Wildman–Crippen MR) is 69.9 cm³/mol. The first-order valence-corrected chi connectivity index (χ1v) is 5.71. The molecule has 2 rings (SSSR count). The fourth-order valence-electron chi connectivity index (χ4n) is 1.78. The van der Waals surface area contributed by atoms with Crippen LogP contribution < -0.4 is 16.4 Å². The third-order valence-corrected chi connectivity index (χ3v) is 3.00. The number of amides is 1. The number of carbonyl (C=O) groups excluding carboxylic acids is 1. The van der Waals surface area contributed by atoms with Gasteiger partial charge in [0.1, 0.15) is 6.10 Å². The Balaban J connectivity index is 2.43. The Labute approximate surface area is 108 Å². The quantitative estimate of drug-likeness (QED) is 0.772. The largest absolute Gasteiger partial charge is 0.419 e. The van der Waals surface area contributed by atoms with Gasteiger partial charge in [-0.3, -0.25) is 9.36 Å². The minimum atomic E-state index is -1.24. The molecule has 1 aromatic carbocycles. The summed E-state index contributed by atoms with van der Waals surface area (Å²) in [6, 6.07) is 4.87. The van der Waals surface area contributed by atoms with Crippen LogP contribution in [0.15, 0.2) is 27.4 Å². The second kappa shape index (κ2) is 4.87. The summed E-state index contributed by atoms with van der Waals surface area (Å²) in [7, 11) is 3.11. The van der Waals surface area contributed by atoms with Crippen LogP contribution in [0.25, 0.3) is 11.1 Å². The van der Waals surface area contributed by atoms with Crippen LogP contribution in [0.2, 0.25) is 0 Å². The highest BCUT2D eigenvalue weighted by Gasteiger charge is 2.19. The number of aliphatic hydroxyl groups excluding tert-OH is 1. The average molecular weight is 265 g/mol. The number of rotatable bonds is 3. The van der Waals surface area contributed by atoms with Gasteiger partial charge in [0.15, 0.2) is 5.58 Å². The van der Waals surface area contributed by atoms with Crippen LogP contribution in [0.5, 0.6) is 0 Å². The van der Waals surface area contributed by atoms with E-state index in [0.717, 1.165) is 0 Å². The Bertz CT molecular complexity index is 673. The van der Waals surface area contributed by atoms with E-state index < -0.39 is 17.8 Å². The van der Waals surface area contributed by atoms with Crippen molar-refractivity contribution >= 4 is 22.7 Å². The number of nitrogens with zero attached hydrogens (tertiary/aromatic N) is 2. The highest BCUT2D eigenvalue weighted by molar-refractivity contribution is 5.97. The number of oxazole rings is 1. The van der Waals surface area contributed by atoms with Gasteiger partial charge < -0.3 is 20.2 Å². The monoisotopic (exact) mass is 265 g/mol. The molecule has 102 valence electrons. The van der Waals surface area contributed by atoms with E-state index in [-0.39, 0.29) is 6.54 Å². The second-order valence-electron chi connectivity index (χ2n) is 4.23. The first kappa shape index (κ1) is 13.3. The number of aryl methyl sites for hydroxylation is 1. The lowest BCUT2D eigenvalue weighted by Gasteiger charge is -2.19. The standard InChI is InChI=1S/C12H15N3O4/c1-14(11(17)9(16)6-13)7-3-4-10-8(5-7)15(2)12(18)19-10/h3-5,9,16H,6,13H2,1-2H3. The van der Waals surface area contributed by atoms with Crippen molar-refractivity contribution in [2.24, 2.45) is 12.8 Å². The van der Waals surface area contributed by atoms with E-state index in [9.17, 15) is 14.7 Å². The minimum absolute atomic E-state index is 0.143. The molecule has 19 heavy (non-hydrogen) atoms. The molecule has 0 aliphatic carbocycles. The maximum absolute atomic E-state index is 11.8. The van der Waals surface area contributed by atoms with Gasteiger partial charge in [0.2, 0.25) is 0 Å². The zero-order valence-electron chi connectivity index (χ0n) is 10.7. The van der Waals surface area contributed by atoms with Crippen LogP contribution in [0.4, 0.5) is 5.69 Å². The number of benzene rings is 1. The summed E-state index contributed by atoms with van der Waals surface area (Å²) in [5.41, 5.74) is 6.81. The number of aromatic nitrogens is 1. The molecule has 0 saturated carbocycles. The SMILES string of the molecule is CN(C(=O)C(O)CN)c1ccc2oc(=O)n(C)c2c1. The lowest BCUT2D eigenvalue weighted by molar-refractivity contribution is -0.125. The summed E-state index contributed by atoms with van der Waals surface area (Å²) in [6.45, 7) is -0.143. The van der Waals surface area contributed by atoms with Crippen molar-refractivity contribution in [1.29, 1.82) is 0 Å². The number of fused-ring (bicyclic) bond motifs is 1. The lowest BCUT2D eigenvalue weighted by atomic mass is 10.2. The molecule has 1 atom stereocenters. The fourth-order valence-corrected chi connectivity index (χ4v) is 1.78. The Kier molecular flexibility index (Phi) is 3.41. The van der Waals surface area contributed by atoms with Crippen molar-refractivity contribution in [2.75, 3.05) is 18.5 Å². The van der Waals surface area contributed by atoms with Crippen LogP contribution in [0.1, 0.15) is 0 Å². The molecule has 1 unspecified atom stereocenters. The van der Waals surface area contributed by atoms with Crippen LogP contribution >= 0.6 is 0 Å². The molecular weight excluding hydrogens is 250 g/mol. The topological polar surface area (TPSA) is 102 Å². The molecule has 0 saturated heterocycles. The van der Waals surface area contributed by atoms with E-state index >= 15 is 0 Å². The molecule has 1 heterocycles. The van der Waals surface area contributed by atoms with Gasteiger partial charge in [-0.1, -0.05) is 0 Å². The van der Waals surface area contributed by atoms with E-state index in [1.807, 2.05) is 0 Å². The molecule has 0 spiro atoms. The van der Waals surface area contributed by atoms with Gasteiger partial charge in [0.25, 0.3) is 5.91 Å². The number of hydrogen-bond donors (Lipinski definition) is 2. The molecule has 0 aliphatic heterocycles. The zero-order chi connectivity index (χ0) is 14.2. The van der Waals surface area contributed by atoms with Crippen molar-refractivity contribution < 1.29 is 14.3 Å². The first-order valence-electron chi connectivity index (χ1n) is 5.71. The Morgan fingerprint density at radius 3 is 2.89 bits per heavy atom. The van der Waals surface area contributed by atoms with Gasteiger partial charge in [-0.25, -0.2) is 4.79 Å². The highest BCUT2D eigenvalue weighted by Crippen LogP contribution is 2.20. The molecule has 0 aliphatic rings. The smallest absolute Gasteiger partial charge is 0.408 e. The Morgan fingerprint density at radius 1 is 1.58 bits per heavy atom. The molecule has 0 fully saturated rings. The molecule has 7 nitrogen and oxygen atoms in total. The third kappa shape index (κ3) is 2.25. The highest BCUT2D eigenvalue weighted by atomic mass is 16.4. The molecule has 7 heteroatoms. The van der Waals surface area contributed by atoms with Gasteiger partial charge >= 0.3 is 5.76 Å². The van der Waals surface area contributed by atoms with E-state index in [2.05, 4.69) is 0 Å². The fraction of sp³-hybridized carbons (Fsp3) is 0.333. The number of anilines is 1. The summed E-state index contributed by atoms with van der Waals surface area (Å²) < 4.78 is 6.34. The number of carbonyl (C=O) groups is 1. The van der Waals surface area contributed by atoms with Crippen LogP contribution in [-0.4, -0.2) is 35.3 Å². The summed E-state index contributed by atoms with van der Waals surface area (Å²) in [5, 5.41) is 9.44. The molecular formula is C12H15N3O4. The summed E-state index contributed by atoms with van der Waals surface area (Å²) in [5.74, 6) is -0.974. The van der Waals surface area contributed by atoms with E-state index in [1.54, 1.807) is 25.2 Å². The number of aliphatic hydroxyl groups is 1. The van der Waals surface area contributed by atoms with E-state index in [0.29, 0.717) is 16.8 Å². The van der Waals surface area contributed by atoms with Crippen molar-refractivity contribution in [3.05, 3.63) is 28.7 Å². The third-order valence-electron chi connectivity index (χ3n) is 3.00. The second-order valence-corrected chi connectivity index (χ2v) is 4.23. The summed E-state index contributed by atoms with van der Waals surface area (Å²) >= 11 is 0. The maximum atomic E-state index is 11.8. The number of nitrogens with two attached hydrogens (primary N) is 1. The Hall–Kier alpha value is -2.12. The van der Waals surface area contributed by atoms with Crippen molar-refractivity contribution in [3.63, 3.8) is 0 Å². The normalized spacial score (nSPS) is 12.6. The molecule has 3 N–H and O–H groups in total. The lowest BCUT2D eigenvalue weighted by Crippen LogP contribution is -2.40. The number of likely N-dealkylation sites (N-methyl/N-ethyl adjacent to an activating group) is 1. The predicted octanol–water partition coefficient (Wildman–Crippen LogP) is -0.586. The average Bonchev–Trinajstić information content (AvgIpc) is 2.71. The van der Waals surface area contributed by atoms with Gasteiger partial charge in [0.05, 0.1) is 5.52 Å². The molecule has 0 bridgehead atoms. The van der Waals surface area contributed by atoms with E-state index in [1.165, 1.54) is 16.5 Å². The van der Waals surface area contributed by atoms with Gasteiger partial charge in [-0.05, 0) is 18.2 Å². The van der Waals surface area contributed by atoms with Crippen molar-refractivity contribution in [1.82, 2.24) is 4.57 Å². The van der Waals surface area contributed by atoms with Crippen LogP contribution in [0, 0.1) is 0 Å². The Morgan fingerprint density at radius 2 is 2.26 bits per heavy atom. The van der Waals surface area contributed by atoms with Crippen LogP contribution in [-0.2, 0) is 11.8 Å². The summed E-state index contributed by atoms with van der Waals surface area (Å²) in [4.78, 5) is 24.5. The molecule has 0 radical (unpaired) electrons. The van der Waals surface area contributed by atoms with Crippen molar-refractivity contribution in [2.45, 2.75) is 6.10 Å². The maximum Gasteiger partial charge on any atom is 0.419 e. The zero-order valence-corrected chi connectivity index (χ0v) is 10.7. The molecule has 1 aromatic heterocycles. The van der Waals surface area contributed by atoms with E-state index in [4.69, 9.17) is 10.2 Å². The van der Waals surface area contributed by atoms with Crippen molar-refractivity contribution in [3.8, 4) is 0 Å². The molecule has 1 amide bonds. The van der Waals surface area contributed by atoms with Crippen LogP contribution in [0.3, 0.4) is 0 Å². The van der Waals surface area contributed by atoms with Gasteiger partial charge in [0, 0.05) is 26.3 Å². The van der Waals surface area contributed by atoms with Gasteiger partial charge in [-0.15, -0.1) is 0 Å². The van der Waals surface area contributed by atoms with Gasteiger partial charge in [-0.2, -0.15) is 0 Å². The first-order chi connectivity index (χ1) is 8.95. The number of hydrogen-bond acceptors (Lipinski definition) is 5. The minimum Gasteiger partial charge on any atom is -0.408 e.